The van der Waals surface area contributed by atoms with Gasteiger partial charge in [-0.05, 0) is 12.1 Å². The van der Waals surface area contributed by atoms with Crippen molar-refractivity contribution in [3.05, 3.63) is 28.8 Å². The van der Waals surface area contributed by atoms with Gasteiger partial charge in [-0.3, -0.25) is 0 Å². The molecule has 4 nitrogen and oxygen atoms in total. The summed E-state index contributed by atoms with van der Waals surface area (Å²) in [6.45, 7) is 2.40. The van der Waals surface area contributed by atoms with E-state index in [1.807, 2.05) is 18.2 Å². The van der Waals surface area contributed by atoms with Crippen LogP contribution in [0.4, 0.5) is 5.69 Å². The van der Waals surface area contributed by atoms with Gasteiger partial charge in [0.05, 0.1) is 25.9 Å². The maximum atomic E-state index is 9.37. The number of ether oxygens (including phenoxy) is 1. The Bertz CT molecular complexity index is 387. The molecule has 1 aromatic rings. The highest BCUT2D eigenvalue weighted by Crippen LogP contribution is 2.29. The van der Waals surface area contributed by atoms with Crippen LogP contribution in [0, 0.1) is 0 Å². The lowest BCUT2D eigenvalue weighted by molar-refractivity contribution is 0.0726. The van der Waals surface area contributed by atoms with Gasteiger partial charge in [0.2, 0.25) is 0 Å². The molecule has 0 saturated carbocycles. The molecule has 0 spiro atoms. The Morgan fingerprint density at radius 1 is 1.53 bits per heavy atom. The molecular formula is C12H17ClN2O2. The number of hydrogen-bond acceptors (Lipinski definition) is 4. The van der Waals surface area contributed by atoms with Crippen LogP contribution in [0.25, 0.3) is 0 Å². The van der Waals surface area contributed by atoms with E-state index < -0.39 is 0 Å². The quantitative estimate of drug-likeness (QED) is 0.847. The Kier molecular flexibility index (Phi) is 4.23. The average Bonchev–Trinajstić information content (AvgIpc) is 2.38. The second kappa shape index (κ2) is 5.69. The molecule has 1 saturated heterocycles. The normalized spacial score (nSPS) is 20.6. The number of aliphatic hydroxyl groups is 1. The molecule has 1 aliphatic rings. The van der Waals surface area contributed by atoms with Crippen LogP contribution in [0.5, 0.6) is 0 Å². The van der Waals surface area contributed by atoms with E-state index in [2.05, 4.69) is 4.90 Å². The smallest absolute Gasteiger partial charge is 0.0755 e. The van der Waals surface area contributed by atoms with Crippen LogP contribution in [0.2, 0.25) is 5.02 Å². The van der Waals surface area contributed by atoms with Crippen LogP contribution < -0.4 is 10.6 Å². The lowest BCUT2D eigenvalue weighted by Gasteiger charge is -2.37. The third-order valence-corrected chi connectivity index (χ3v) is 3.40. The van der Waals surface area contributed by atoms with Crippen molar-refractivity contribution in [2.75, 3.05) is 31.3 Å². The number of nitrogens with two attached hydrogens (primary N) is 1. The molecule has 0 radical (unpaired) electrons. The van der Waals surface area contributed by atoms with Crippen molar-refractivity contribution in [2.24, 2.45) is 5.73 Å². The standard InChI is InChI=1S/C12H17ClN2O2/c13-11-2-1-3-12(10(11)6-14)15-4-5-17-8-9(15)7-16/h1-3,9,16H,4-8,14H2. The van der Waals surface area contributed by atoms with E-state index >= 15 is 0 Å². The van der Waals surface area contributed by atoms with Crippen LogP contribution in [0.1, 0.15) is 5.56 Å². The Balaban J connectivity index is 2.34. The summed E-state index contributed by atoms with van der Waals surface area (Å²) in [5, 5.41) is 10.0. The minimum absolute atomic E-state index is 0.0208. The zero-order chi connectivity index (χ0) is 12.3. The molecule has 0 amide bonds. The fraction of sp³-hybridized carbons (Fsp3) is 0.500. The van der Waals surface area contributed by atoms with Gasteiger partial charge in [-0.1, -0.05) is 17.7 Å². The molecule has 0 aromatic heterocycles. The molecule has 0 aliphatic carbocycles. The van der Waals surface area contributed by atoms with Crippen molar-refractivity contribution in [3.63, 3.8) is 0 Å². The Labute approximate surface area is 106 Å². The summed E-state index contributed by atoms with van der Waals surface area (Å²) in [5.74, 6) is 0. The fourth-order valence-electron chi connectivity index (χ4n) is 2.14. The number of rotatable bonds is 3. The summed E-state index contributed by atoms with van der Waals surface area (Å²) >= 11 is 6.14. The summed E-state index contributed by atoms with van der Waals surface area (Å²) in [6.07, 6.45) is 0. The number of anilines is 1. The van der Waals surface area contributed by atoms with Gasteiger partial charge in [0.1, 0.15) is 0 Å². The summed E-state index contributed by atoms with van der Waals surface area (Å²) in [6, 6.07) is 5.71. The number of halogens is 1. The first-order valence-electron chi connectivity index (χ1n) is 5.70. The van der Waals surface area contributed by atoms with Crippen LogP contribution in [-0.4, -0.2) is 37.5 Å². The predicted molar refractivity (Wildman–Crippen MR) is 68.4 cm³/mol. The Morgan fingerprint density at radius 3 is 3.06 bits per heavy atom. The van der Waals surface area contributed by atoms with Crippen molar-refractivity contribution < 1.29 is 9.84 Å². The van der Waals surface area contributed by atoms with E-state index in [4.69, 9.17) is 22.1 Å². The average molecular weight is 257 g/mol. The number of aliphatic hydroxyl groups excluding tert-OH is 1. The first-order chi connectivity index (χ1) is 8.27. The lowest BCUT2D eigenvalue weighted by Crippen LogP contribution is -2.48. The van der Waals surface area contributed by atoms with Gasteiger partial charge in [0.15, 0.2) is 0 Å². The summed E-state index contributed by atoms with van der Waals surface area (Å²) < 4.78 is 5.36. The van der Waals surface area contributed by atoms with Crippen molar-refractivity contribution >= 4 is 17.3 Å². The van der Waals surface area contributed by atoms with Crippen molar-refractivity contribution in [2.45, 2.75) is 12.6 Å². The fourth-order valence-corrected chi connectivity index (χ4v) is 2.39. The monoisotopic (exact) mass is 256 g/mol. The summed E-state index contributed by atoms with van der Waals surface area (Å²) in [4.78, 5) is 2.12. The third-order valence-electron chi connectivity index (χ3n) is 3.05. The van der Waals surface area contributed by atoms with E-state index in [1.54, 1.807) is 0 Å². The number of nitrogens with zero attached hydrogens (tertiary/aromatic N) is 1. The molecule has 1 unspecified atom stereocenters. The molecular weight excluding hydrogens is 240 g/mol. The third kappa shape index (κ3) is 2.55. The van der Waals surface area contributed by atoms with E-state index in [9.17, 15) is 5.11 Å². The Hall–Kier alpha value is -0.810. The van der Waals surface area contributed by atoms with Gasteiger partial charge in [0.25, 0.3) is 0 Å². The zero-order valence-corrected chi connectivity index (χ0v) is 10.4. The molecule has 3 N–H and O–H groups in total. The molecule has 0 bridgehead atoms. The van der Waals surface area contributed by atoms with E-state index in [1.165, 1.54) is 0 Å². The van der Waals surface area contributed by atoms with Crippen molar-refractivity contribution in [1.82, 2.24) is 0 Å². The largest absolute Gasteiger partial charge is 0.394 e. The van der Waals surface area contributed by atoms with Crippen molar-refractivity contribution in [3.8, 4) is 0 Å². The second-order valence-corrected chi connectivity index (χ2v) is 4.45. The lowest BCUT2D eigenvalue weighted by atomic mass is 10.1. The maximum absolute atomic E-state index is 9.37. The van der Waals surface area contributed by atoms with Gasteiger partial charge < -0.3 is 20.5 Å². The van der Waals surface area contributed by atoms with E-state index in [0.717, 1.165) is 17.8 Å². The molecule has 2 rings (SSSR count). The zero-order valence-electron chi connectivity index (χ0n) is 9.60. The number of benzene rings is 1. The number of morpholine rings is 1. The summed E-state index contributed by atoms with van der Waals surface area (Å²) in [5.41, 5.74) is 7.67. The van der Waals surface area contributed by atoms with Gasteiger partial charge in [-0.2, -0.15) is 0 Å². The van der Waals surface area contributed by atoms with Gasteiger partial charge in [-0.25, -0.2) is 0 Å². The van der Waals surface area contributed by atoms with Crippen LogP contribution in [-0.2, 0) is 11.3 Å². The van der Waals surface area contributed by atoms with Crippen LogP contribution in [0.15, 0.2) is 18.2 Å². The second-order valence-electron chi connectivity index (χ2n) is 4.05. The molecule has 1 aromatic carbocycles. The van der Waals surface area contributed by atoms with Crippen LogP contribution in [0.3, 0.4) is 0 Å². The highest BCUT2D eigenvalue weighted by atomic mass is 35.5. The molecule has 5 heteroatoms. The Morgan fingerprint density at radius 2 is 2.35 bits per heavy atom. The molecule has 1 heterocycles. The molecule has 1 atom stereocenters. The highest BCUT2D eigenvalue weighted by Gasteiger charge is 2.24. The number of hydrogen-bond donors (Lipinski definition) is 2. The molecule has 1 fully saturated rings. The maximum Gasteiger partial charge on any atom is 0.0755 e. The van der Waals surface area contributed by atoms with Crippen LogP contribution >= 0.6 is 11.6 Å². The van der Waals surface area contributed by atoms with Crippen molar-refractivity contribution in [1.29, 1.82) is 0 Å². The predicted octanol–water partition coefficient (Wildman–Crippen LogP) is 0.996. The highest BCUT2D eigenvalue weighted by molar-refractivity contribution is 6.31. The minimum Gasteiger partial charge on any atom is -0.394 e. The van der Waals surface area contributed by atoms with Gasteiger partial charge >= 0.3 is 0 Å². The first kappa shape index (κ1) is 12.6. The molecule has 1 aliphatic heterocycles. The topological polar surface area (TPSA) is 58.7 Å². The molecule has 17 heavy (non-hydrogen) atoms. The molecule has 94 valence electrons. The summed E-state index contributed by atoms with van der Waals surface area (Å²) in [7, 11) is 0. The first-order valence-corrected chi connectivity index (χ1v) is 6.08. The van der Waals surface area contributed by atoms with E-state index in [-0.39, 0.29) is 12.6 Å². The SMILES string of the molecule is NCc1c(Cl)cccc1N1CCOCC1CO. The van der Waals surface area contributed by atoms with Gasteiger partial charge in [-0.15, -0.1) is 0 Å². The van der Waals surface area contributed by atoms with E-state index in [0.29, 0.717) is 24.8 Å². The van der Waals surface area contributed by atoms with Gasteiger partial charge in [0, 0.05) is 29.4 Å². The minimum atomic E-state index is -0.0208.